The number of piperidine rings is 1. The molecule has 1 aliphatic rings. The van der Waals surface area contributed by atoms with Gasteiger partial charge in [-0.1, -0.05) is 0 Å². The van der Waals surface area contributed by atoms with Crippen LogP contribution in [0.3, 0.4) is 0 Å². The average molecular weight is 346 g/mol. The van der Waals surface area contributed by atoms with Crippen molar-refractivity contribution in [2.75, 3.05) is 18.0 Å². The van der Waals surface area contributed by atoms with Crippen molar-refractivity contribution in [2.24, 2.45) is 0 Å². The van der Waals surface area contributed by atoms with Gasteiger partial charge in [0.25, 0.3) is 5.91 Å². The SMILES string of the molecule is Cc1[nH]ncc1C(=O)NC(C)c1cc(F)ccc1N1CCC(O)CC1. The van der Waals surface area contributed by atoms with Crippen LogP contribution in [0, 0.1) is 12.7 Å². The van der Waals surface area contributed by atoms with Gasteiger partial charge in [-0.3, -0.25) is 9.89 Å². The highest BCUT2D eigenvalue weighted by molar-refractivity contribution is 5.95. The molecule has 1 aliphatic heterocycles. The third kappa shape index (κ3) is 3.82. The van der Waals surface area contributed by atoms with Crippen LogP contribution in [0.25, 0.3) is 0 Å². The van der Waals surface area contributed by atoms with Crippen molar-refractivity contribution in [1.82, 2.24) is 15.5 Å². The van der Waals surface area contributed by atoms with Crippen LogP contribution in [0.15, 0.2) is 24.4 Å². The third-order valence-corrected chi connectivity index (χ3v) is 4.68. The zero-order valence-corrected chi connectivity index (χ0v) is 14.4. The summed E-state index contributed by atoms with van der Waals surface area (Å²) in [6.45, 7) is 5.03. The first-order valence-corrected chi connectivity index (χ1v) is 8.49. The second-order valence-electron chi connectivity index (χ2n) is 6.53. The molecule has 3 N–H and O–H groups in total. The number of carbonyl (C=O) groups excluding carboxylic acids is 1. The molecule has 1 saturated heterocycles. The number of aryl methyl sites for hydroxylation is 1. The summed E-state index contributed by atoms with van der Waals surface area (Å²) in [5.41, 5.74) is 2.79. The molecule has 1 aromatic carbocycles. The molecule has 3 rings (SSSR count). The minimum Gasteiger partial charge on any atom is -0.393 e. The molecule has 1 amide bonds. The Balaban J connectivity index is 1.81. The van der Waals surface area contributed by atoms with Crippen LogP contribution >= 0.6 is 0 Å². The number of carbonyl (C=O) groups is 1. The first-order chi connectivity index (χ1) is 12.0. The van der Waals surface area contributed by atoms with E-state index >= 15 is 0 Å². The molecule has 0 aliphatic carbocycles. The minimum absolute atomic E-state index is 0.247. The van der Waals surface area contributed by atoms with E-state index in [1.165, 1.54) is 18.3 Å². The van der Waals surface area contributed by atoms with E-state index in [-0.39, 0.29) is 23.9 Å². The summed E-state index contributed by atoms with van der Waals surface area (Å²) in [4.78, 5) is 14.5. The number of aliphatic hydroxyl groups is 1. The molecule has 0 spiro atoms. The largest absolute Gasteiger partial charge is 0.393 e. The van der Waals surface area contributed by atoms with Gasteiger partial charge in [-0.05, 0) is 44.9 Å². The van der Waals surface area contributed by atoms with Gasteiger partial charge in [0, 0.05) is 30.0 Å². The minimum atomic E-state index is -0.362. The van der Waals surface area contributed by atoms with Gasteiger partial charge < -0.3 is 15.3 Å². The van der Waals surface area contributed by atoms with Crippen molar-refractivity contribution in [3.63, 3.8) is 0 Å². The molecule has 1 atom stereocenters. The quantitative estimate of drug-likeness (QED) is 0.793. The lowest BCUT2D eigenvalue weighted by Gasteiger charge is -2.34. The van der Waals surface area contributed by atoms with Gasteiger partial charge in [0.2, 0.25) is 0 Å². The summed E-state index contributed by atoms with van der Waals surface area (Å²) in [7, 11) is 0. The number of hydrogen-bond acceptors (Lipinski definition) is 4. The highest BCUT2D eigenvalue weighted by Crippen LogP contribution is 2.30. The maximum atomic E-state index is 13.8. The standard InChI is InChI=1S/C18H23FN4O2/c1-11(21-18(25)16-10-20-22-12(16)2)15-9-13(19)3-4-17(15)23-7-5-14(24)6-8-23/h3-4,9-11,14,24H,5-8H2,1-2H3,(H,20,22)(H,21,25). The van der Waals surface area contributed by atoms with Crippen molar-refractivity contribution >= 4 is 11.6 Å². The van der Waals surface area contributed by atoms with E-state index in [0.717, 1.165) is 11.3 Å². The fourth-order valence-corrected chi connectivity index (χ4v) is 3.20. The highest BCUT2D eigenvalue weighted by Gasteiger charge is 2.23. The molecule has 7 heteroatoms. The van der Waals surface area contributed by atoms with Crippen LogP contribution in [-0.2, 0) is 0 Å². The van der Waals surface area contributed by atoms with Gasteiger partial charge in [-0.25, -0.2) is 4.39 Å². The number of amides is 1. The number of benzene rings is 1. The van der Waals surface area contributed by atoms with Crippen LogP contribution in [0.4, 0.5) is 10.1 Å². The maximum absolute atomic E-state index is 13.8. The molecule has 6 nitrogen and oxygen atoms in total. The number of rotatable bonds is 4. The van der Waals surface area contributed by atoms with E-state index in [4.69, 9.17) is 0 Å². The van der Waals surface area contributed by atoms with E-state index in [2.05, 4.69) is 20.4 Å². The number of hydrogen-bond donors (Lipinski definition) is 3. The fourth-order valence-electron chi connectivity index (χ4n) is 3.20. The molecule has 134 valence electrons. The summed E-state index contributed by atoms with van der Waals surface area (Å²) >= 11 is 0. The highest BCUT2D eigenvalue weighted by atomic mass is 19.1. The Hall–Kier alpha value is -2.41. The van der Waals surface area contributed by atoms with Gasteiger partial charge in [0.1, 0.15) is 5.82 Å². The molecular formula is C18H23FN4O2. The second kappa shape index (κ2) is 7.23. The van der Waals surface area contributed by atoms with E-state index in [0.29, 0.717) is 37.2 Å². The number of nitrogens with zero attached hydrogens (tertiary/aromatic N) is 2. The summed E-state index contributed by atoms with van der Waals surface area (Å²) in [5.74, 6) is -0.584. The second-order valence-corrected chi connectivity index (χ2v) is 6.53. The number of aliphatic hydroxyl groups excluding tert-OH is 1. The number of aromatic nitrogens is 2. The van der Waals surface area contributed by atoms with Crippen molar-refractivity contribution in [2.45, 2.75) is 38.8 Å². The smallest absolute Gasteiger partial charge is 0.255 e. The predicted molar refractivity (Wildman–Crippen MR) is 93.1 cm³/mol. The van der Waals surface area contributed by atoms with Gasteiger partial charge >= 0.3 is 0 Å². The van der Waals surface area contributed by atoms with Gasteiger partial charge in [0.15, 0.2) is 0 Å². The zero-order chi connectivity index (χ0) is 18.0. The van der Waals surface area contributed by atoms with Crippen molar-refractivity contribution in [1.29, 1.82) is 0 Å². The van der Waals surface area contributed by atoms with Crippen molar-refractivity contribution in [3.05, 3.63) is 47.0 Å². The molecule has 2 aromatic rings. The Labute approximate surface area is 146 Å². The first-order valence-electron chi connectivity index (χ1n) is 8.49. The van der Waals surface area contributed by atoms with Crippen LogP contribution in [0.2, 0.25) is 0 Å². The Morgan fingerprint density at radius 1 is 1.44 bits per heavy atom. The number of anilines is 1. The Bertz CT molecular complexity index is 753. The van der Waals surface area contributed by atoms with Crippen LogP contribution in [0.5, 0.6) is 0 Å². The van der Waals surface area contributed by atoms with Gasteiger partial charge in [-0.2, -0.15) is 5.10 Å². The summed E-state index contributed by atoms with van der Waals surface area (Å²) in [5, 5.41) is 19.2. The molecule has 25 heavy (non-hydrogen) atoms. The fraction of sp³-hybridized carbons (Fsp3) is 0.444. The van der Waals surface area contributed by atoms with Crippen LogP contribution in [0.1, 0.15) is 47.4 Å². The Morgan fingerprint density at radius 3 is 2.80 bits per heavy atom. The predicted octanol–water partition coefficient (Wildman–Crippen LogP) is 2.31. The van der Waals surface area contributed by atoms with Crippen LogP contribution in [-0.4, -0.2) is 40.4 Å². The molecular weight excluding hydrogens is 323 g/mol. The van der Waals surface area contributed by atoms with E-state index in [1.807, 2.05) is 6.92 Å². The monoisotopic (exact) mass is 346 g/mol. The topological polar surface area (TPSA) is 81.2 Å². The number of H-pyrrole nitrogens is 1. The lowest BCUT2D eigenvalue weighted by molar-refractivity contribution is 0.0939. The van der Waals surface area contributed by atoms with Crippen molar-refractivity contribution < 1.29 is 14.3 Å². The summed E-state index contributed by atoms with van der Waals surface area (Å²) in [6, 6.07) is 4.28. The zero-order valence-electron chi connectivity index (χ0n) is 14.4. The lowest BCUT2D eigenvalue weighted by atomic mass is 10.0. The molecule has 1 aromatic heterocycles. The van der Waals surface area contributed by atoms with Crippen molar-refractivity contribution in [3.8, 4) is 0 Å². The molecule has 1 unspecified atom stereocenters. The molecule has 0 saturated carbocycles. The number of halogens is 1. The normalized spacial score (nSPS) is 16.7. The summed E-state index contributed by atoms with van der Waals surface area (Å²) < 4.78 is 13.8. The maximum Gasteiger partial charge on any atom is 0.255 e. The average Bonchev–Trinajstić information content (AvgIpc) is 3.02. The molecule has 0 radical (unpaired) electrons. The first kappa shape index (κ1) is 17.4. The molecule has 0 bridgehead atoms. The summed E-state index contributed by atoms with van der Waals surface area (Å²) in [6.07, 6.45) is 2.58. The Kier molecular flexibility index (Phi) is 5.03. The van der Waals surface area contributed by atoms with E-state index < -0.39 is 0 Å². The van der Waals surface area contributed by atoms with E-state index in [1.54, 1.807) is 13.0 Å². The number of nitrogens with one attached hydrogen (secondary N) is 2. The third-order valence-electron chi connectivity index (χ3n) is 4.68. The molecule has 1 fully saturated rings. The Morgan fingerprint density at radius 2 is 2.16 bits per heavy atom. The van der Waals surface area contributed by atoms with Crippen LogP contribution < -0.4 is 10.2 Å². The van der Waals surface area contributed by atoms with Gasteiger partial charge in [0.05, 0.1) is 23.9 Å². The molecule has 2 heterocycles. The lowest BCUT2D eigenvalue weighted by Crippen LogP contribution is -2.37. The number of aromatic amines is 1. The van der Waals surface area contributed by atoms with Gasteiger partial charge in [-0.15, -0.1) is 0 Å². The van der Waals surface area contributed by atoms with E-state index in [9.17, 15) is 14.3 Å².